The van der Waals surface area contributed by atoms with Crippen LogP contribution < -0.4 is 4.74 Å². The monoisotopic (exact) mass is 351 g/mol. The Morgan fingerprint density at radius 3 is 2.85 bits per heavy atom. The van der Waals surface area contributed by atoms with E-state index in [1.54, 1.807) is 7.11 Å². The summed E-state index contributed by atoms with van der Waals surface area (Å²) in [4.78, 5) is 6.65. The number of piperidine rings is 1. The molecule has 1 aliphatic heterocycles. The van der Waals surface area contributed by atoms with Gasteiger partial charge in [0.15, 0.2) is 0 Å². The van der Waals surface area contributed by atoms with Crippen molar-refractivity contribution < 1.29 is 9.15 Å². The number of benzene rings is 1. The van der Waals surface area contributed by atoms with Gasteiger partial charge < -0.3 is 13.7 Å². The molecular formula is C21H25N3O2. The molecule has 0 radical (unpaired) electrons. The van der Waals surface area contributed by atoms with Crippen molar-refractivity contribution >= 4 is 0 Å². The normalized spacial score (nSPS) is 18.1. The lowest BCUT2D eigenvalue weighted by Gasteiger charge is -2.32. The van der Waals surface area contributed by atoms with Gasteiger partial charge in [-0.3, -0.25) is 4.90 Å². The minimum Gasteiger partial charge on any atom is -0.497 e. The molecule has 2 aromatic heterocycles. The van der Waals surface area contributed by atoms with Gasteiger partial charge in [-0.1, -0.05) is 0 Å². The standard InChI is InChI=1S/C21H25N3O2/c1-25-19-6-4-18(5-7-19)21-9-8-20(26-21)15-23-11-2-3-17(13-23)14-24-12-10-22-16-24/h4-10,12,16-17H,2-3,11,13-15H2,1H3/t17-/m1/s1. The van der Waals surface area contributed by atoms with Crippen LogP contribution in [0.25, 0.3) is 11.3 Å². The van der Waals surface area contributed by atoms with Crippen molar-refractivity contribution in [3.63, 3.8) is 0 Å². The predicted molar refractivity (Wildman–Crippen MR) is 101 cm³/mol. The van der Waals surface area contributed by atoms with Crippen molar-refractivity contribution in [2.45, 2.75) is 25.9 Å². The van der Waals surface area contributed by atoms with Crippen LogP contribution in [-0.2, 0) is 13.1 Å². The van der Waals surface area contributed by atoms with Gasteiger partial charge >= 0.3 is 0 Å². The fourth-order valence-corrected chi connectivity index (χ4v) is 3.73. The summed E-state index contributed by atoms with van der Waals surface area (Å²) in [6.07, 6.45) is 8.33. The Bertz CT molecular complexity index is 808. The molecule has 1 saturated heterocycles. The van der Waals surface area contributed by atoms with E-state index in [1.807, 2.05) is 43.0 Å². The van der Waals surface area contributed by atoms with E-state index in [-0.39, 0.29) is 0 Å². The third kappa shape index (κ3) is 3.99. The molecule has 3 heterocycles. The zero-order valence-corrected chi connectivity index (χ0v) is 15.2. The number of furan rings is 1. The first-order chi connectivity index (χ1) is 12.8. The molecule has 0 bridgehead atoms. The second-order valence-electron chi connectivity index (χ2n) is 7.00. The zero-order valence-electron chi connectivity index (χ0n) is 15.2. The highest BCUT2D eigenvalue weighted by Crippen LogP contribution is 2.26. The zero-order chi connectivity index (χ0) is 17.8. The number of rotatable bonds is 6. The fourth-order valence-electron chi connectivity index (χ4n) is 3.73. The lowest BCUT2D eigenvalue weighted by Crippen LogP contribution is -2.36. The molecule has 1 fully saturated rings. The number of hydrogen-bond donors (Lipinski definition) is 0. The van der Waals surface area contributed by atoms with E-state index in [0.717, 1.165) is 49.0 Å². The highest BCUT2D eigenvalue weighted by Gasteiger charge is 2.21. The Hall–Kier alpha value is -2.53. The van der Waals surface area contributed by atoms with Crippen LogP contribution in [0.2, 0.25) is 0 Å². The largest absolute Gasteiger partial charge is 0.497 e. The van der Waals surface area contributed by atoms with E-state index in [1.165, 1.54) is 12.8 Å². The van der Waals surface area contributed by atoms with Crippen LogP contribution in [0.3, 0.4) is 0 Å². The van der Waals surface area contributed by atoms with E-state index in [0.29, 0.717) is 5.92 Å². The molecule has 0 unspecified atom stereocenters. The Balaban J connectivity index is 1.37. The van der Waals surface area contributed by atoms with Crippen LogP contribution in [0, 0.1) is 5.92 Å². The first-order valence-corrected chi connectivity index (χ1v) is 9.21. The SMILES string of the molecule is COc1ccc(-c2ccc(CN3CCC[C@@H](Cn4ccnc4)C3)o2)cc1. The minimum absolute atomic E-state index is 0.675. The summed E-state index contributed by atoms with van der Waals surface area (Å²) in [5, 5.41) is 0. The maximum Gasteiger partial charge on any atom is 0.134 e. The van der Waals surface area contributed by atoms with Crippen LogP contribution in [0.15, 0.2) is 59.5 Å². The highest BCUT2D eigenvalue weighted by molar-refractivity contribution is 5.58. The molecule has 1 aromatic carbocycles. The molecule has 1 atom stereocenters. The van der Waals surface area contributed by atoms with Crippen LogP contribution in [0.4, 0.5) is 0 Å². The van der Waals surface area contributed by atoms with Crippen LogP contribution in [0.5, 0.6) is 5.75 Å². The molecule has 26 heavy (non-hydrogen) atoms. The van der Waals surface area contributed by atoms with Gasteiger partial charge in [-0.15, -0.1) is 0 Å². The van der Waals surface area contributed by atoms with Gasteiger partial charge in [0.2, 0.25) is 0 Å². The maximum absolute atomic E-state index is 6.09. The molecule has 1 aliphatic rings. The number of methoxy groups -OCH3 is 1. The number of ether oxygens (including phenoxy) is 1. The quantitative estimate of drug-likeness (QED) is 0.672. The van der Waals surface area contributed by atoms with Gasteiger partial charge in [-0.05, 0) is 61.7 Å². The van der Waals surface area contributed by atoms with Crippen LogP contribution in [0.1, 0.15) is 18.6 Å². The molecule has 0 amide bonds. The third-order valence-electron chi connectivity index (χ3n) is 5.05. The van der Waals surface area contributed by atoms with Crippen LogP contribution >= 0.6 is 0 Å². The predicted octanol–water partition coefficient (Wildman–Crippen LogP) is 4.06. The van der Waals surface area contributed by atoms with Gasteiger partial charge in [-0.25, -0.2) is 4.98 Å². The summed E-state index contributed by atoms with van der Waals surface area (Å²) in [7, 11) is 1.68. The molecule has 0 saturated carbocycles. The van der Waals surface area contributed by atoms with Crippen molar-refractivity contribution in [3.8, 4) is 17.1 Å². The van der Waals surface area contributed by atoms with E-state index >= 15 is 0 Å². The maximum atomic E-state index is 6.09. The van der Waals surface area contributed by atoms with E-state index in [2.05, 4.69) is 26.6 Å². The molecule has 5 nitrogen and oxygen atoms in total. The first-order valence-electron chi connectivity index (χ1n) is 9.21. The molecule has 5 heteroatoms. The number of imidazole rings is 1. The summed E-state index contributed by atoms with van der Waals surface area (Å²) >= 11 is 0. The fraction of sp³-hybridized carbons (Fsp3) is 0.381. The summed E-state index contributed by atoms with van der Waals surface area (Å²) in [6, 6.07) is 12.1. The topological polar surface area (TPSA) is 43.4 Å². The van der Waals surface area contributed by atoms with Gasteiger partial charge in [0, 0.05) is 31.0 Å². The van der Waals surface area contributed by atoms with Crippen LogP contribution in [-0.4, -0.2) is 34.7 Å². The van der Waals surface area contributed by atoms with Crippen molar-refractivity contribution in [1.82, 2.24) is 14.5 Å². The summed E-state index contributed by atoms with van der Waals surface area (Å²) in [6.45, 7) is 4.16. The molecule has 136 valence electrons. The molecular weight excluding hydrogens is 326 g/mol. The highest BCUT2D eigenvalue weighted by atomic mass is 16.5. The van der Waals surface area contributed by atoms with Gasteiger partial charge in [-0.2, -0.15) is 0 Å². The van der Waals surface area contributed by atoms with Crippen molar-refractivity contribution in [2.24, 2.45) is 5.92 Å². The van der Waals surface area contributed by atoms with Crippen molar-refractivity contribution in [2.75, 3.05) is 20.2 Å². The average Bonchev–Trinajstić information content (AvgIpc) is 3.34. The molecule has 3 aromatic rings. The molecule has 0 N–H and O–H groups in total. The van der Waals surface area contributed by atoms with Gasteiger partial charge in [0.1, 0.15) is 17.3 Å². The Kier molecular flexibility index (Phi) is 5.07. The number of aromatic nitrogens is 2. The Morgan fingerprint density at radius 2 is 2.08 bits per heavy atom. The second-order valence-corrected chi connectivity index (χ2v) is 7.00. The molecule has 0 aliphatic carbocycles. The lowest BCUT2D eigenvalue weighted by atomic mass is 9.98. The third-order valence-corrected chi connectivity index (χ3v) is 5.05. The Morgan fingerprint density at radius 1 is 1.19 bits per heavy atom. The van der Waals surface area contributed by atoms with E-state index in [4.69, 9.17) is 9.15 Å². The van der Waals surface area contributed by atoms with Crippen molar-refractivity contribution in [1.29, 1.82) is 0 Å². The minimum atomic E-state index is 0.675. The average molecular weight is 351 g/mol. The smallest absolute Gasteiger partial charge is 0.134 e. The number of nitrogens with zero attached hydrogens (tertiary/aromatic N) is 3. The summed E-state index contributed by atoms with van der Waals surface area (Å²) in [5.41, 5.74) is 1.08. The summed E-state index contributed by atoms with van der Waals surface area (Å²) in [5.74, 6) is 3.47. The van der Waals surface area contributed by atoms with Crippen molar-refractivity contribution in [3.05, 3.63) is 60.9 Å². The number of likely N-dealkylation sites (tertiary alicyclic amines) is 1. The number of hydrogen-bond acceptors (Lipinski definition) is 4. The van der Waals surface area contributed by atoms with E-state index < -0.39 is 0 Å². The van der Waals surface area contributed by atoms with Gasteiger partial charge in [0.05, 0.1) is 20.0 Å². The van der Waals surface area contributed by atoms with Gasteiger partial charge in [0.25, 0.3) is 0 Å². The van der Waals surface area contributed by atoms with E-state index in [9.17, 15) is 0 Å². The first kappa shape index (κ1) is 16.9. The summed E-state index contributed by atoms with van der Waals surface area (Å²) < 4.78 is 13.5. The lowest BCUT2D eigenvalue weighted by molar-refractivity contribution is 0.147. The Labute approximate surface area is 154 Å². The second kappa shape index (κ2) is 7.79. The molecule has 4 rings (SSSR count). The molecule has 0 spiro atoms.